The highest BCUT2D eigenvalue weighted by molar-refractivity contribution is 5.92. The molecule has 0 fully saturated rings. The van der Waals surface area contributed by atoms with E-state index in [2.05, 4.69) is 25.2 Å². The van der Waals surface area contributed by atoms with Gasteiger partial charge in [0.25, 0.3) is 5.56 Å². The van der Waals surface area contributed by atoms with Crippen LogP contribution in [-0.4, -0.2) is 33.0 Å². The van der Waals surface area contributed by atoms with Crippen LogP contribution in [0.3, 0.4) is 0 Å². The molecule has 166 valence electrons. The topological polar surface area (TPSA) is 84.2 Å². The van der Waals surface area contributed by atoms with Crippen molar-refractivity contribution in [2.24, 2.45) is 0 Å². The first-order chi connectivity index (χ1) is 15.3. The summed E-state index contributed by atoms with van der Waals surface area (Å²) in [5, 5.41) is 15.8. The van der Waals surface area contributed by atoms with Gasteiger partial charge in [0.2, 0.25) is 0 Å². The highest BCUT2D eigenvalue weighted by atomic mass is 16.3. The van der Waals surface area contributed by atoms with Crippen molar-refractivity contribution in [3.63, 3.8) is 0 Å². The maximum absolute atomic E-state index is 13.5. The maximum Gasteiger partial charge on any atom is 0.254 e. The molecule has 32 heavy (non-hydrogen) atoms. The van der Waals surface area contributed by atoms with E-state index >= 15 is 0 Å². The van der Waals surface area contributed by atoms with E-state index in [9.17, 15) is 14.7 Å². The van der Waals surface area contributed by atoms with Crippen molar-refractivity contribution in [2.45, 2.75) is 64.6 Å². The van der Waals surface area contributed by atoms with Crippen molar-refractivity contribution < 1.29 is 9.90 Å². The van der Waals surface area contributed by atoms with E-state index in [0.29, 0.717) is 35.8 Å². The third-order valence-electron chi connectivity index (χ3n) is 7.02. The SMILES string of the molecule is CCC1(O)C(=O)CCc2c1cc1n(c2=O)Cc2c-1nc1ccccc1c2CCNC(C)C. The normalized spacial score (nSPS) is 19.3. The number of pyridine rings is 2. The molecule has 1 aliphatic carbocycles. The summed E-state index contributed by atoms with van der Waals surface area (Å²) in [5.41, 5.74) is 4.01. The van der Waals surface area contributed by atoms with Crippen molar-refractivity contribution >= 4 is 16.7 Å². The van der Waals surface area contributed by atoms with Crippen LogP contribution in [0.25, 0.3) is 22.3 Å². The summed E-state index contributed by atoms with van der Waals surface area (Å²) >= 11 is 0. The van der Waals surface area contributed by atoms with Gasteiger partial charge in [-0.25, -0.2) is 4.98 Å². The quantitative estimate of drug-likeness (QED) is 0.507. The fourth-order valence-electron chi connectivity index (χ4n) is 5.27. The Morgan fingerprint density at radius 2 is 1.97 bits per heavy atom. The number of aromatic nitrogens is 2. The average Bonchev–Trinajstić information content (AvgIpc) is 3.15. The van der Waals surface area contributed by atoms with Crippen molar-refractivity contribution in [3.8, 4) is 11.4 Å². The minimum Gasteiger partial charge on any atom is -0.377 e. The van der Waals surface area contributed by atoms with Gasteiger partial charge in [-0.1, -0.05) is 39.0 Å². The van der Waals surface area contributed by atoms with Gasteiger partial charge in [-0.2, -0.15) is 0 Å². The van der Waals surface area contributed by atoms with Gasteiger partial charge in [0.1, 0.15) is 5.60 Å². The van der Waals surface area contributed by atoms with Crippen LogP contribution < -0.4 is 10.9 Å². The molecule has 3 heterocycles. The number of Topliss-reactive ketones (excluding diaryl/α,β-unsaturated/α-hetero) is 1. The Balaban J connectivity index is 1.72. The van der Waals surface area contributed by atoms with Gasteiger partial charge in [-0.15, -0.1) is 0 Å². The fraction of sp³-hybridized carbons (Fsp3) is 0.423. The molecule has 0 bridgehead atoms. The van der Waals surface area contributed by atoms with Gasteiger partial charge < -0.3 is 15.0 Å². The largest absolute Gasteiger partial charge is 0.377 e. The van der Waals surface area contributed by atoms with Gasteiger partial charge in [0, 0.05) is 34.5 Å². The molecule has 0 amide bonds. The number of carbonyl (C=O) groups excluding carboxylic acids is 1. The van der Waals surface area contributed by atoms with Gasteiger partial charge in [-0.3, -0.25) is 9.59 Å². The highest BCUT2D eigenvalue weighted by Gasteiger charge is 2.43. The number of fused-ring (bicyclic) bond motifs is 5. The van der Waals surface area contributed by atoms with Crippen molar-refractivity contribution in [3.05, 3.63) is 62.9 Å². The van der Waals surface area contributed by atoms with E-state index in [-0.39, 0.29) is 24.2 Å². The minimum absolute atomic E-state index is 0.106. The molecular formula is C26H29N3O3. The summed E-state index contributed by atoms with van der Waals surface area (Å²) in [6, 6.07) is 10.3. The Morgan fingerprint density at radius 3 is 2.72 bits per heavy atom. The zero-order chi connectivity index (χ0) is 22.6. The lowest BCUT2D eigenvalue weighted by Crippen LogP contribution is -2.43. The Bertz CT molecular complexity index is 1310. The maximum atomic E-state index is 13.5. The molecule has 2 aromatic heterocycles. The second-order valence-electron chi connectivity index (χ2n) is 9.24. The van der Waals surface area contributed by atoms with E-state index in [1.807, 2.05) is 24.3 Å². The number of carbonyl (C=O) groups is 1. The summed E-state index contributed by atoms with van der Waals surface area (Å²) < 4.78 is 1.78. The molecule has 1 aliphatic heterocycles. The van der Waals surface area contributed by atoms with Gasteiger partial charge in [-0.05, 0) is 43.5 Å². The Labute approximate surface area is 187 Å². The molecule has 0 saturated heterocycles. The average molecular weight is 432 g/mol. The van der Waals surface area contributed by atoms with Crippen LogP contribution in [0.15, 0.2) is 35.1 Å². The summed E-state index contributed by atoms with van der Waals surface area (Å²) in [4.78, 5) is 31.0. The predicted molar refractivity (Wildman–Crippen MR) is 125 cm³/mol. The lowest BCUT2D eigenvalue weighted by atomic mass is 9.77. The molecule has 0 saturated carbocycles. The van der Waals surface area contributed by atoms with E-state index < -0.39 is 5.60 Å². The Morgan fingerprint density at radius 1 is 1.19 bits per heavy atom. The highest BCUT2D eigenvalue weighted by Crippen LogP contribution is 2.40. The van der Waals surface area contributed by atoms with Gasteiger partial charge in [0.15, 0.2) is 5.78 Å². The van der Waals surface area contributed by atoms with Crippen molar-refractivity contribution in [1.82, 2.24) is 14.9 Å². The smallest absolute Gasteiger partial charge is 0.254 e. The summed E-state index contributed by atoms with van der Waals surface area (Å²) in [5.74, 6) is -0.206. The van der Waals surface area contributed by atoms with E-state index in [0.717, 1.165) is 35.1 Å². The van der Waals surface area contributed by atoms with Crippen LogP contribution in [0, 0.1) is 0 Å². The van der Waals surface area contributed by atoms with Crippen LogP contribution >= 0.6 is 0 Å². The van der Waals surface area contributed by atoms with Crippen LogP contribution in [0.5, 0.6) is 0 Å². The first kappa shape index (κ1) is 21.0. The number of para-hydroxylation sites is 1. The number of nitrogens with zero attached hydrogens (tertiary/aromatic N) is 2. The van der Waals surface area contributed by atoms with Gasteiger partial charge in [0.05, 0.1) is 23.4 Å². The van der Waals surface area contributed by atoms with E-state index in [1.54, 1.807) is 11.5 Å². The molecule has 2 aliphatic rings. The van der Waals surface area contributed by atoms with Crippen LogP contribution in [0.1, 0.15) is 55.9 Å². The number of aliphatic hydroxyl groups is 1. The number of rotatable bonds is 5. The monoisotopic (exact) mass is 431 g/mol. The molecule has 0 spiro atoms. The Hall–Kier alpha value is -2.83. The van der Waals surface area contributed by atoms with Crippen LogP contribution in [0.2, 0.25) is 0 Å². The molecular weight excluding hydrogens is 402 g/mol. The van der Waals surface area contributed by atoms with E-state index in [4.69, 9.17) is 4.98 Å². The molecule has 1 atom stereocenters. The summed E-state index contributed by atoms with van der Waals surface area (Å²) in [6.07, 6.45) is 1.68. The number of nitrogens with one attached hydrogen (secondary N) is 1. The second kappa shape index (κ2) is 7.64. The third-order valence-corrected chi connectivity index (χ3v) is 7.02. The van der Waals surface area contributed by atoms with Crippen molar-refractivity contribution in [2.75, 3.05) is 6.54 Å². The Kier molecular flexibility index (Phi) is 5.02. The van der Waals surface area contributed by atoms with Crippen LogP contribution in [-0.2, 0) is 29.8 Å². The van der Waals surface area contributed by atoms with Crippen LogP contribution in [0.4, 0.5) is 0 Å². The fourth-order valence-corrected chi connectivity index (χ4v) is 5.27. The van der Waals surface area contributed by atoms with Gasteiger partial charge >= 0.3 is 0 Å². The first-order valence-corrected chi connectivity index (χ1v) is 11.5. The molecule has 2 N–H and O–H groups in total. The molecule has 3 aromatic rings. The lowest BCUT2D eigenvalue weighted by molar-refractivity contribution is -0.140. The third kappa shape index (κ3) is 3.05. The standard InChI is InChI=1S/C26H29N3O3/c1-4-26(32)20-13-22-24-19(14-29(22)25(31)18(20)9-10-23(26)30)16(11-12-27-15(2)3)17-7-5-6-8-21(17)28-24/h5-8,13,15,27,32H,4,9-12,14H2,1-3H3. The molecule has 6 nitrogen and oxygen atoms in total. The summed E-state index contributed by atoms with van der Waals surface area (Å²) in [6.45, 7) is 7.36. The molecule has 0 radical (unpaired) electrons. The predicted octanol–water partition coefficient (Wildman–Crippen LogP) is 3.08. The lowest BCUT2D eigenvalue weighted by Gasteiger charge is -2.32. The number of benzene rings is 1. The number of hydrogen-bond donors (Lipinski definition) is 2. The first-order valence-electron chi connectivity index (χ1n) is 11.5. The summed E-state index contributed by atoms with van der Waals surface area (Å²) in [7, 11) is 0. The second-order valence-corrected chi connectivity index (χ2v) is 9.24. The molecule has 6 heteroatoms. The zero-order valence-corrected chi connectivity index (χ0v) is 18.9. The van der Waals surface area contributed by atoms with Crippen molar-refractivity contribution in [1.29, 1.82) is 0 Å². The zero-order valence-electron chi connectivity index (χ0n) is 18.9. The molecule has 5 rings (SSSR count). The van der Waals surface area contributed by atoms with E-state index in [1.165, 1.54) is 5.56 Å². The molecule has 1 unspecified atom stereocenters. The number of hydrogen-bond acceptors (Lipinski definition) is 5. The minimum atomic E-state index is -1.59. The number of ketones is 1. The molecule has 1 aromatic carbocycles.